The molecule has 0 aliphatic carbocycles. The van der Waals surface area contributed by atoms with Crippen molar-refractivity contribution in [2.75, 3.05) is 85.8 Å². The Labute approximate surface area is 224 Å². The maximum atomic E-state index is 14.6. The molecule has 1 N–H and O–H groups in total. The van der Waals surface area contributed by atoms with E-state index in [4.69, 9.17) is 18.9 Å². The number of nitrogens with one attached hydrogen (secondary N) is 1. The molecule has 0 atom stereocenters. The molecule has 1 saturated heterocycles. The molecule has 0 aromatic carbocycles. The molecule has 0 bridgehead atoms. The van der Waals surface area contributed by atoms with Gasteiger partial charge in [0.1, 0.15) is 19.0 Å². The van der Waals surface area contributed by atoms with Crippen LogP contribution in [0, 0.1) is 0 Å². The van der Waals surface area contributed by atoms with Crippen LogP contribution < -0.4 is 10.1 Å². The summed E-state index contributed by atoms with van der Waals surface area (Å²) in [6.45, 7) is 10.4. The van der Waals surface area contributed by atoms with Gasteiger partial charge in [-0.05, 0) is 13.0 Å². The molecular weight excluding hydrogens is 496 g/mol. The minimum atomic E-state index is -1.06. The summed E-state index contributed by atoms with van der Waals surface area (Å²) < 4.78 is 48.6. The van der Waals surface area contributed by atoms with E-state index >= 15 is 0 Å². The van der Waals surface area contributed by atoms with E-state index in [-0.39, 0.29) is 29.4 Å². The second kappa shape index (κ2) is 17.1. The molecule has 0 saturated carbocycles. The van der Waals surface area contributed by atoms with Crippen LogP contribution >= 0.6 is 0 Å². The molecule has 2 heterocycles. The molecule has 0 spiro atoms. The number of anilines is 1. The van der Waals surface area contributed by atoms with Crippen molar-refractivity contribution >= 4 is 5.95 Å². The van der Waals surface area contributed by atoms with Gasteiger partial charge in [-0.15, -0.1) is 0 Å². The predicted molar refractivity (Wildman–Crippen MR) is 144 cm³/mol. The lowest BCUT2D eigenvalue weighted by atomic mass is 10.2. The fraction of sp³-hybridized carbons (Fsp3) is 0.481. The van der Waals surface area contributed by atoms with Crippen molar-refractivity contribution < 1.29 is 27.7 Å². The molecule has 1 aliphatic rings. The minimum Gasteiger partial charge on any atom is -0.497 e. The van der Waals surface area contributed by atoms with Crippen LogP contribution in [0.15, 0.2) is 71.9 Å². The first-order valence-corrected chi connectivity index (χ1v) is 12.4. The van der Waals surface area contributed by atoms with Crippen LogP contribution in [0.25, 0.3) is 0 Å². The first-order valence-electron chi connectivity index (χ1n) is 12.4. The summed E-state index contributed by atoms with van der Waals surface area (Å²) in [7, 11) is 4.38. The molecule has 9 nitrogen and oxygen atoms in total. The zero-order valence-electron chi connectivity index (χ0n) is 22.7. The van der Waals surface area contributed by atoms with Crippen LogP contribution in [0.3, 0.4) is 0 Å². The standard InChI is InChI=1S/C27H39F2N5O4/c1-6-23(34-12-10-33(11-13-34)14-15-35-3)8-7-9-30-27-31-18-24(19-32-27)38-20-22(17-28)26(29)25(37-5)16-21(2)36-4/h6-8,16,18-19H,2,9-15,17,20H2,1,3-5H3,(H,30,31,32)/b8-7-,23-6+,25-16+,26-22-. The largest absolute Gasteiger partial charge is 0.497 e. The molecule has 1 aliphatic heterocycles. The van der Waals surface area contributed by atoms with Crippen molar-refractivity contribution in [2.45, 2.75) is 6.92 Å². The van der Waals surface area contributed by atoms with Crippen molar-refractivity contribution in [3.05, 3.63) is 71.9 Å². The Bertz CT molecular complexity index is 988. The van der Waals surface area contributed by atoms with Crippen LogP contribution in [0.5, 0.6) is 5.75 Å². The van der Waals surface area contributed by atoms with E-state index in [0.717, 1.165) is 39.3 Å². The topological polar surface area (TPSA) is 81.2 Å². The van der Waals surface area contributed by atoms with Crippen molar-refractivity contribution in [2.24, 2.45) is 0 Å². The molecule has 1 fully saturated rings. The fourth-order valence-corrected chi connectivity index (χ4v) is 3.57. The highest BCUT2D eigenvalue weighted by Crippen LogP contribution is 2.21. The molecule has 1 aromatic rings. The highest BCUT2D eigenvalue weighted by molar-refractivity contribution is 5.32. The summed E-state index contributed by atoms with van der Waals surface area (Å²) in [5, 5.41) is 3.12. The molecule has 0 amide bonds. The van der Waals surface area contributed by atoms with Gasteiger partial charge in [-0.25, -0.2) is 18.7 Å². The normalized spacial score (nSPS) is 15.9. The quantitative estimate of drug-likeness (QED) is 0.251. The van der Waals surface area contributed by atoms with Gasteiger partial charge in [-0.1, -0.05) is 18.7 Å². The van der Waals surface area contributed by atoms with Gasteiger partial charge in [-0.3, -0.25) is 4.90 Å². The average molecular weight is 536 g/mol. The van der Waals surface area contributed by atoms with Gasteiger partial charge < -0.3 is 29.2 Å². The van der Waals surface area contributed by atoms with Crippen molar-refractivity contribution in [1.29, 1.82) is 0 Å². The average Bonchev–Trinajstić information content (AvgIpc) is 2.96. The first-order chi connectivity index (χ1) is 18.4. The fourth-order valence-electron chi connectivity index (χ4n) is 3.57. The third-order valence-corrected chi connectivity index (χ3v) is 5.81. The van der Waals surface area contributed by atoms with E-state index in [1.807, 2.05) is 13.0 Å². The summed E-state index contributed by atoms with van der Waals surface area (Å²) >= 11 is 0. The van der Waals surface area contributed by atoms with Crippen LogP contribution in [0.4, 0.5) is 14.7 Å². The second-order valence-electron chi connectivity index (χ2n) is 8.28. The zero-order valence-corrected chi connectivity index (χ0v) is 22.7. The van der Waals surface area contributed by atoms with Gasteiger partial charge in [0, 0.05) is 63.7 Å². The lowest BCUT2D eigenvalue weighted by Crippen LogP contribution is -2.46. The SMILES string of the molecule is C=C(/C=C(OC)\C(F)=C(/CF)COc1cnc(NC/C=C\C(=C/C)N2CCN(CCOC)CC2)nc1)OC. The number of nitrogens with zero attached hydrogens (tertiary/aromatic N) is 4. The number of alkyl halides is 1. The highest BCUT2D eigenvalue weighted by atomic mass is 19.1. The van der Waals surface area contributed by atoms with Gasteiger partial charge in [0.2, 0.25) is 5.95 Å². The number of rotatable bonds is 16. The smallest absolute Gasteiger partial charge is 0.223 e. The Balaban J connectivity index is 1.84. The Morgan fingerprint density at radius 1 is 1.13 bits per heavy atom. The second-order valence-corrected chi connectivity index (χ2v) is 8.28. The molecule has 210 valence electrons. The molecule has 1 aromatic heterocycles. The van der Waals surface area contributed by atoms with Gasteiger partial charge in [0.05, 0.1) is 33.2 Å². The summed E-state index contributed by atoms with van der Waals surface area (Å²) in [4.78, 5) is 13.2. The zero-order chi connectivity index (χ0) is 27.8. The van der Waals surface area contributed by atoms with Crippen LogP contribution in [0.2, 0.25) is 0 Å². The van der Waals surface area contributed by atoms with Gasteiger partial charge in [0.15, 0.2) is 17.3 Å². The van der Waals surface area contributed by atoms with E-state index in [2.05, 4.69) is 43.8 Å². The Kier molecular flexibility index (Phi) is 13.9. The number of aromatic nitrogens is 2. The molecule has 0 unspecified atom stereocenters. The van der Waals surface area contributed by atoms with Gasteiger partial charge in [-0.2, -0.15) is 0 Å². The number of allylic oxidation sites excluding steroid dienone is 4. The molecular formula is C27H39F2N5O4. The third kappa shape index (κ3) is 10.1. The third-order valence-electron chi connectivity index (χ3n) is 5.81. The van der Waals surface area contributed by atoms with E-state index in [1.54, 1.807) is 7.11 Å². The number of piperazine rings is 1. The van der Waals surface area contributed by atoms with Crippen molar-refractivity contribution in [3.63, 3.8) is 0 Å². The van der Waals surface area contributed by atoms with E-state index in [1.165, 1.54) is 38.4 Å². The maximum absolute atomic E-state index is 14.6. The number of methoxy groups -OCH3 is 3. The lowest BCUT2D eigenvalue weighted by Gasteiger charge is -2.36. The first kappa shape index (κ1) is 30.8. The summed E-state index contributed by atoms with van der Waals surface area (Å²) in [6.07, 6.45) is 10.3. The number of hydrogen-bond acceptors (Lipinski definition) is 9. The summed E-state index contributed by atoms with van der Waals surface area (Å²) in [5.74, 6) is -0.239. The highest BCUT2D eigenvalue weighted by Gasteiger charge is 2.17. The number of halogens is 2. The van der Waals surface area contributed by atoms with E-state index in [0.29, 0.717) is 12.5 Å². The van der Waals surface area contributed by atoms with E-state index in [9.17, 15) is 8.78 Å². The van der Waals surface area contributed by atoms with Crippen LogP contribution in [-0.2, 0) is 14.2 Å². The lowest BCUT2D eigenvalue weighted by molar-refractivity contribution is 0.112. The van der Waals surface area contributed by atoms with Gasteiger partial charge >= 0.3 is 0 Å². The molecule has 0 radical (unpaired) electrons. The minimum absolute atomic E-state index is 0.168. The van der Waals surface area contributed by atoms with Crippen LogP contribution in [0.1, 0.15) is 6.92 Å². The van der Waals surface area contributed by atoms with Crippen LogP contribution in [-0.4, -0.2) is 100 Å². The summed E-state index contributed by atoms with van der Waals surface area (Å²) in [5.41, 5.74) is 0.940. The van der Waals surface area contributed by atoms with Gasteiger partial charge in [0.25, 0.3) is 0 Å². The number of hydrogen-bond donors (Lipinski definition) is 1. The monoisotopic (exact) mass is 535 g/mol. The molecule has 2 rings (SSSR count). The number of ether oxygens (including phenoxy) is 4. The summed E-state index contributed by atoms with van der Waals surface area (Å²) in [6, 6.07) is 0. The van der Waals surface area contributed by atoms with Crippen molar-refractivity contribution in [1.82, 2.24) is 19.8 Å². The Hall–Kier alpha value is -3.44. The predicted octanol–water partition coefficient (Wildman–Crippen LogP) is 3.87. The van der Waals surface area contributed by atoms with E-state index < -0.39 is 12.5 Å². The molecule has 38 heavy (non-hydrogen) atoms. The van der Waals surface area contributed by atoms with Crippen molar-refractivity contribution in [3.8, 4) is 5.75 Å². The Morgan fingerprint density at radius 2 is 1.84 bits per heavy atom. The Morgan fingerprint density at radius 3 is 2.42 bits per heavy atom. The maximum Gasteiger partial charge on any atom is 0.223 e. The molecule has 11 heteroatoms.